The molecule has 0 bridgehead atoms. The monoisotopic (exact) mass is 287 g/mol. The Bertz CT molecular complexity index is 353. The molecular weight excluding hydrogens is 273 g/mol. The summed E-state index contributed by atoms with van der Waals surface area (Å²) in [5.41, 5.74) is 0. The number of ether oxygens (including phenoxy) is 1. The largest absolute Gasteiger partial charge is 0.492 e. The van der Waals surface area contributed by atoms with Crippen molar-refractivity contribution >= 4 is 15.9 Å². The van der Waals surface area contributed by atoms with Gasteiger partial charge < -0.3 is 10.1 Å². The topological polar surface area (TPSA) is 21.3 Å². The van der Waals surface area contributed by atoms with E-state index < -0.39 is 0 Å². The molecule has 1 unspecified atom stereocenters. The van der Waals surface area contributed by atoms with Crippen molar-refractivity contribution in [1.29, 1.82) is 0 Å². The molecule has 4 heteroatoms. The van der Waals surface area contributed by atoms with Gasteiger partial charge >= 0.3 is 0 Å². The number of piperidine rings is 1. The number of rotatable bonds is 3. The van der Waals surface area contributed by atoms with Gasteiger partial charge in [-0.15, -0.1) is 0 Å². The van der Waals surface area contributed by atoms with Gasteiger partial charge in [-0.05, 0) is 47.4 Å². The Kier molecular flexibility index (Phi) is 4.18. The second kappa shape index (κ2) is 5.64. The summed E-state index contributed by atoms with van der Waals surface area (Å²) in [6, 6.07) is 4.50. The summed E-state index contributed by atoms with van der Waals surface area (Å²) in [4.78, 5) is 0. The molecule has 1 heterocycles. The van der Waals surface area contributed by atoms with Crippen molar-refractivity contribution in [3.63, 3.8) is 0 Å². The molecule has 0 aromatic heterocycles. The van der Waals surface area contributed by atoms with Crippen molar-refractivity contribution in [3.8, 4) is 5.75 Å². The third kappa shape index (κ3) is 3.19. The standard InChI is InChI=1S/C12H15BrFNO/c13-11-4-3-10(14)6-12(11)16-8-9-2-1-5-15-7-9/h3-4,6,9,15H,1-2,5,7-8H2. The van der Waals surface area contributed by atoms with Gasteiger partial charge in [0.2, 0.25) is 0 Å². The molecule has 1 saturated heterocycles. The van der Waals surface area contributed by atoms with Crippen LogP contribution in [0.4, 0.5) is 4.39 Å². The molecule has 0 radical (unpaired) electrons. The van der Waals surface area contributed by atoms with Gasteiger partial charge in [-0.25, -0.2) is 4.39 Å². The predicted octanol–water partition coefficient (Wildman–Crippen LogP) is 2.97. The number of benzene rings is 1. The molecule has 0 amide bonds. The zero-order chi connectivity index (χ0) is 11.4. The first-order valence-electron chi connectivity index (χ1n) is 5.54. The highest BCUT2D eigenvalue weighted by Crippen LogP contribution is 2.26. The molecular formula is C12H15BrFNO. The Balaban J connectivity index is 1.90. The SMILES string of the molecule is Fc1ccc(Br)c(OCC2CCCNC2)c1. The van der Waals surface area contributed by atoms with E-state index in [1.165, 1.54) is 25.0 Å². The van der Waals surface area contributed by atoms with E-state index in [2.05, 4.69) is 21.2 Å². The van der Waals surface area contributed by atoms with Gasteiger partial charge in [-0.1, -0.05) is 0 Å². The van der Waals surface area contributed by atoms with Crippen LogP contribution in [0, 0.1) is 11.7 Å². The first kappa shape index (κ1) is 11.9. The molecule has 0 aliphatic carbocycles. The molecule has 0 saturated carbocycles. The zero-order valence-electron chi connectivity index (χ0n) is 9.01. The summed E-state index contributed by atoms with van der Waals surface area (Å²) in [5.74, 6) is 0.856. The molecule has 1 N–H and O–H groups in total. The highest BCUT2D eigenvalue weighted by atomic mass is 79.9. The Morgan fingerprint density at radius 2 is 2.38 bits per heavy atom. The molecule has 1 aliphatic rings. The second-order valence-corrected chi connectivity index (χ2v) is 4.95. The normalized spacial score (nSPS) is 20.8. The summed E-state index contributed by atoms with van der Waals surface area (Å²) in [6.07, 6.45) is 2.37. The minimum atomic E-state index is -0.264. The van der Waals surface area contributed by atoms with Crippen LogP contribution < -0.4 is 10.1 Å². The lowest BCUT2D eigenvalue weighted by Gasteiger charge is -2.23. The molecule has 88 valence electrons. The first-order valence-corrected chi connectivity index (χ1v) is 6.33. The van der Waals surface area contributed by atoms with Crippen LogP contribution in [-0.2, 0) is 0 Å². The number of halogens is 2. The summed E-state index contributed by atoms with van der Waals surface area (Å²) >= 11 is 3.35. The maximum atomic E-state index is 13.0. The van der Waals surface area contributed by atoms with E-state index in [1.807, 2.05) is 0 Å². The highest BCUT2D eigenvalue weighted by molar-refractivity contribution is 9.10. The quantitative estimate of drug-likeness (QED) is 0.923. The molecule has 1 fully saturated rings. The van der Waals surface area contributed by atoms with Crippen LogP contribution >= 0.6 is 15.9 Å². The van der Waals surface area contributed by atoms with Gasteiger partial charge in [0.05, 0.1) is 11.1 Å². The lowest BCUT2D eigenvalue weighted by molar-refractivity contribution is 0.217. The minimum absolute atomic E-state index is 0.264. The van der Waals surface area contributed by atoms with Crippen molar-refractivity contribution < 1.29 is 9.13 Å². The van der Waals surface area contributed by atoms with Crippen molar-refractivity contribution in [3.05, 3.63) is 28.5 Å². The molecule has 2 rings (SSSR count). The Morgan fingerprint density at radius 3 is 3.12 bits per heavy atom. The van der Waals surface area contributed by atoms with Gasteiger partial charge in [0.1, 0.15) is 11.6 Å². The molecule has 1 aromatic rings. The zero-order valence-corrected chi connectivity index (χ0v) is 10.6. The van der Waals surface area contributed by atoms with E-state index in [-0.39, 0.29) is 5.82 Å². The third-order valence-corrected chi connectivity index (χ3v) is 3.42. The fourth-order valence-corrected chi connectivity index (χ4v) is 2.22. The molecule has 16 heavy (non-hydrogen) atoms. The average Bonchev–Trinajstić information content (AvgIpc) is 2.32. The molecule has 0 spiro atoms. The minimum Gasteiger partial charge on any atom is -0.492 e. The molecule has 1 atom stereocenters. The molecule has 2 nitrogen and oxygen atoms in total. The van der Waals surface area contributed by atoms with Crippen LogP contribution in [0.5, 0.6) is 5.75 Å². The van der Waals surface area contributed by atoms with Gasteiger partial charge in [0.15, 0.2) is 0 Å². The third-order valence-electron chi connectivity index (χ3n) is 2.77. The van der Waals surface area contributed by atoms with Crippen LogP contribution in [0.2, 0.25) is 0 Å². The van der Waals surface area contributed by atoms with E-state index in [4.69, 9.17) is 4.74 Å². The maximum absolute atomic E-state index is 13.0. The van der Waals surface area contributed by atoms with Crippen LogP contribution in [-0.4, -0.2) is 19.7 Å². The van der Waals surface area contributed by atoms with Crippen molar-refractivity contribution in [2.75, 3.05) is 19.7 Å². The van der Waals surface area contributed by atoms with Crippen LogP contribution in [0.1, 0.15) is 12.8 Å². The summed E-state index contributed by atoms with van der Waals surface area (Å²) in [5, 5.41) is 3.33. The fraction of sp³-hybridized carbons (Fsp3) is 0.500. The summed E-state index contributed by atoms with van der Waals surface area (Å²) in [6.45, 7) is 2.74. The molecule has 1 aliphatic heterocycles. The fourth-order valence-electron chi connectivity index (χ4n) is 1.86. The Labute approximate surface area is 103 Å². The summed E-state index contributed by atoms with van der Waals surface area (Å²) in [7, 11) is 0. The van der Waals surface area contributed by atoms with Gasteiger partial charge in [0.25, 0.3) is 0 Å². The first-order chi connectivity index (χ1) is 7.75. The van der Waals surface area contributed by atoms with Gasteiger partial charge in [0, 0.05) is 18.5 Å². The number of hydrogen-bond donors (Lipinski definition) is 1. The molecule has 1 aromatic carbocycles. The Hall–Kier alpha value is -0.610. The van der Waals surface area contributed by atoms with E-state index in [1.54, 1.807) is 6.07 Å². The highest BCUT2D eigenvalue weighted by Gasteiger charge is 2.14. The van der Waals surface area contributed by atoms with Gasteiger partial charge in [-0.3, -0.25) is 0 Å². The maximum Gasteiger partial charge on any atom is 0.136 e. The summed E-state index contributed by atoms with van der Waals surface area (Å²) < 4.78 is 19.4. The smallest absolute Gasteiger partial charge is 0.136 e. The van der Waals surface area contributed by atoms with Crippen molar-refractivity contribution in [2.24, 2.45) is 5.92 Å². The van der Waals surface area contributed by atoms with Crippen molar-refractivity contribution in [2.45, 2.75) is 12.8 Å². The average molecular weight is 288 g/mol. The number of nitrogens with one attached hydrogen (secondary N) is 1. The van der Waals surface area contributed by atoms with Crippen LogP contribution in [0.15, 0.2) is 22.7 Å². The van der Waals surface area contributed by atoms with E-state index in [9.17, 15) is 4.39 Å². The van der Waals surface area contributed by atoms with Crippen LogP contribution in [0.3, 0.4) is 0 Å². The Morgan fingerprint density at radius 1 is 1.50 bits per heavy atom. The van der Waals surface area contributed by atoms with E-state index in [0.29, 0.717) is 18.3 Å². The van der Waals surface area contributed by atoms with E-state index in [0.717, 1.165) is 17.6 Å². The van der Waals surface area contributed by atoms with Gasteiger partial charge in [-0.2, -0.15) is 0 Å². The number of hydrogen-bond acceptors (Lipinski definition) is 2. The lowest BCUT2D eigenvalue weighted by Crippen LogP contribution is -2.33. The lowest BCUT2D eigenvalue weighted by atomic mass is 10.0. The van der Waals surface area contributed by atoms with Crippen LogP contribution in [0.25, 0.3) is 0 Å². The van der Waals surface area contributed by atoms with Crippen molar-refractivity contribution in [1.82, 2.24) is 5.32 Å². The predicted molar refractivity (Wildman–Crippen MR) is 65.2 cm³/mol. The van der Waals surface area contributed by atoms with E-state index >= 15 is 0 Å². The second-order valence-electron chi connectivity index (χ2n) is 4.10.